The van der Waals surface area contributed by atoms with E-state index in [1.807, 2.05) is 25.2 Å². The van der Waals surface area contributed by atoms with Crippen molar-refractivity contribution in [3.05, 3.63) is 17.5 Å². The molecule has 1 aromatic heterocycles. The van der Waals surface area contributed by atoms with Crippen LogP contribution in [-0.4, -0.2) is 30.6 Å². The molecule has 2 N–H and O–H groups in total. The lowest BCUT2D eigenvalue weighted by Crippen LogP contribution is -2.15. The van der Waals surface area contributed by atoms with E-state index in [-0.39, 0.29) is 0 Å². The molecule has 0 aromatic carbocycles. The highest BCUT2D eigenvalue weighted by Crippen LogP contribution is 2.10. The Hall–Kier alpha value is -1.16. The third-order valence-electron chi connectivity index (χ3n) is 2.09. The van der Waals surface area contributed by atoms with Crippen LogP contribution in [0.2, 0.25) is 0 Å². The molecule has 0 spiro atoms. The Bertz CT molecular complexity index is 296. The molecule has 4 nitrogen and oxygen atoms in total. The minimum absolute atomic E-state index is 0.650. The summed E-state index contributed by atoms with van der Waals surface area (Å²) in [5.41, 5.74) is 7.79. The van der Waals surface area contributed by atoms with Gasteiger partial charge in [-0.05, 0) is 24.9 Å². The van der Waals surface area contributed by atoms with Gasteiger partial charge in [-0.3, -0.25) is 0 Å². The Labute approximate surface area is 85.2 Å². The molecule has 0 atom stereocenters. The molecule has 1 aromatic rings. The van der Waals surface area contributed by atoms with Crippen molar-refractivity contribution >= 4 is 5.95 Å². The molecule has 0 saturated carbocycles. The SMILES string of the molecule is CCc1nc(N(C)C)ncc1CCN. The maximum atomic E-state index is 5.52. The molecule has 1 heterocycles. The van der Waals surface area contributed by atoms with Crippen molar-refractivity contribution < 1.29 is 0 Å². The molecule has 14 heavy (non-hydrogen) atoms. The van der Waals surface area contributed by atoms with Gasteiger partial charge in [0.1, 0.15) is 0 Å². The van der Waals surface area contributed by atoms with Gasteiger partial charge < -0.3 is 10.6 Å². The largest absolute Gasteiger partial charge is 0.347 e. The molecule has 0 bridgehead atoms. The summed E-state index contributed by atoms with van der Waals surface area (Å²) in [6, 6.07) is 0. The molecule has 0 aliphatic heterocycles. The van der Waals surface area contributed by atoms with Crippen molar-refractivity contribution in [3.63, 3.8) is 0 Å². The van der Waals surface area contributed by atoms with Crippen molar-refractivity contribution in [2.45, 2.75) is 19.8 Å². The van der Waals surface area contributed by atoms with E-state index in [1.165, 1.54) is 5.56 Å². The minimum atomic E-state index is 0.650. The van der Waals surface area contributed by atoms with E-state index >= 15 is 0 Å². The molecule has 0 unspecified atom stereocenters. The first-order chi connectivity index (χ1) is 6.69. The van der Waals surface area contributed by atoms with E-state index < -0.39 is 0 Å². The van der Waals surface area contributed by atoms with Crippen molar-refractivity contribution in [1.29, 1.82) is 0 Å². The molecule has 4 heteroatoms. The number of rotatable bonds is 4. The van der Waals surface area contributed by atoms with Gasteiger partial charge in [0.05, 0.1) is 0 Å². The first kappa shape index (κ1) is 10.9. The summed E-state index contributed by atoms with van der Waals surface area (Å²) in [7, 11) is 3.88. The van der Waals surface area contributed by atoms with Crippen LogP contribution in [0.5, 0.6) is 0 Å². The molecule has 0 aliphatic carbocycles. The average molecular weight is 194 g/mol. The molecule has 78 valence electrons. The standard InChI is InChI=1S/C10H18N4/c1-4-9-8(5-6-11)7-12-10(13-9)14(2)3/h7H,4-6,11H2,1-3H3. The first-order valence-electron chi connectivity index (χ1n) is 4.91. The zero-order valence-electron chi connectivity index (χ0n) is 9.12. The second-order valence-corrected chi connectivity index (χ2v) is 3.43. The summed E-state index contributed by atoms with van der Waals surface area (Å²) in [5, 5.41) is 0. The monoisotopic (exact) mass is 194 g/mol. The zero-order valence-corrected chi connectivity index (χ0v) is 9.12. The summed E-state index contributed by atoms with van der Waals surface area (Å²) in [5.74, 6) is 0.766. The van der Waals surface area contributed by atoms with Gasteiger partial charge in [-0.2, -0.15) is 0 Å². The molecular weight excluding hydrogens is 176 g/mol. The van der Waals surface area contributed by atoms with E-state index in [0.717, 1.165) is 24.5 Å². The van der Waals surface area contributed by atoms with Gasteiger partial charge >= 0.3 is 0 Å². The molecular formula is C10H18N4. The maximum absolute atomic E-state index is 5.52. The number of anilines is 1. The van der Waals surface area contributed by atoms with Gasteiger partial charge in [0.15, 0.2) is 0 Å². The summed E-state index contributed by atoms with van der Waals surface area (Å²) in [6.45, 7) is 2.75. The number of hydrogen-bond donors (Lipinski definition) is 1. The van der Waals surface area contributed by atoms with E-state index in [9.17, 15) is 0 Å². The fourth-order valence-electron chi connectivity index (χ4n) is 1.32. The predicted molar refractivity (Wildman–Crippen MR) is 58.5 cm³/mol. The van der Waals surface area contributed by atoms with Crippen LogP contribution < -0.4 is 10.6 Å². The van der Waals surface area contributed by atoms with Gasteiger partial charge in [0.2, 0.25) is 5.95 Å². The molecule has 0 amide bonds. The Balaban J connectivity index is 2.98. The lowest BCUT2D eigenvalue weighted by molar-refractivity contribution is 0.868. The number of hydrogen-bond acceptors (Lipinski definition) is 4. The van der Waals surface area contributed by atoms with Gasteiger partial charge in [0, 0.05) is 26.0 Å². The highest BCUT2D eigenvalue weighted by molar-refractivity contribution is 5.31. The Morgan fingerprint density at radius 3 is 2.64 bits per heavy atom. The molecule has 0 aliphatic rings. The third kappa shape index (κ3) is 2.42. The second kappa shape index (κ2) is 4.91. The first-order valence-corrected chi connectivity index (χ1v) is 4.91. The molecule has 1 rings (SSSR count). The minimum Gasteiger partial charge on any atom is -0.347 e. The van der Waals surface area contributed by atoms with Crippen molar-refractivity contribution in [1.82, 2.24) is 9.97 Å². The van der Waals surface area contributed by atoms with Gasteiger partial charge in [0.25, 0.3) is 0 Å². The number of nitrogens with zero attached hydrogens (tertiary/aromatic N) is 3. The average Bonchev–Trinajstić information content (AvgIpc) is 2.18. The van der Waals surface area contributed by atoms with Crippen molar-refractivity contribution in [2.75, 3.05) is 25.5 Å². The fourth-order valence-corrected chi connectivity index (χ4v) is 1.32. The summed E-state index contributed by atoms with van der Waals surface area (Å²) in [6.07, 6.45) is 3.67. The topological polar surface area (TPSA) is 55.0 Å². The Morgan fingerprint density at radius 1 is 1.43 bits per heavy atom. The Kier molecular flexibility index (Phi) is 3.83. The van der Waals surface area contributed by atoms with Crippen LogP contribution in [0.15, 0.2) is 6.20 Å². The van der Waals surface area contributed by atoms with Crippen LogP contribution >= 0.6 is 0 Å². The number of nitrogens with two attached hydrogens (primary N) is 1. The van der Waals surface area contributed by atoms with E-state index in [4.69, 9.17) is 5.73 Å². The smallest absolute Gasteiger partial charge is 0.224 e. The van der Waals surface area contributed by atoms with Crippen LogP contribution in [0, 0.1) is 0 Å². The number of aryl methyl sites for hydroxylation is 1. The maximum Gasteiger partial charge on any atom is 0.224 e. The highest BCUT2D eigenvalue weighted by Gasteiger charge is 2.05. The second-order valence-electron chi connectivity index (χ2n) is 3.43. The molecule has 0 saturated heterocycles. The lowest BCUT2D eigenvalue weighted by Gasteiger charge is -2.12. The summed E-state index contributed by atoms with van der Waals surface area (Å²) >= 11 is 0. The quantitative estimate of drug-likeness (QED) is 0.763. The fraction of sp³-hybridized carbons (Fsp3) is 0.600. The summed E-state index contributed by atoms with van der Waals surface area (Å²) in [4.78, 5) is 10.6. The van der Waals surface area contributed by atoms with Crippen LogP contribution in [0.1, 0.15) is 18.2 Å². The highest BCUT2D eigenvalue weighted by atomic mass is 15.2. The predicted octanol–water partition coefficient (Wildman–Crippen LogP) is 0.606. The molecule has 0 radical (unpaired) electrons. The van der Waals surface area contributed by atoms with Gasteiger partial charge in [-0.25, -0.2) is 9.97 Å². The van der Waals surface area contributed by atoms with Crippen LogP contribution in [0.3, 0.4) is 0 Å². The summed E-state index contributed by atoms with van der Waals surface area (Å²) < 4.78 is 0. The van der Waals surface area contributed by atoms with Crippen LogP contribution in [-0.2, 0) is 12.8 Å². The van der Waals surface area contributed by atoms with Crippen LogP contribution in [0.4, 0.5) is 5.95 Å². The Morgan fingerprint density at radius 2 is 2.14 bits per heavy atom. The lowest BCUT2D eigenvalue weighted by atomic mass is 10.1. The number of aromatic nitrogens is 2. The van der Waals surface area contributed by atoms with Crippen LogP contribution in [0.25, 0.3) is 0 Å². The third-order valence-corrected chi connectivity index (χ3v) is 2.09. The van der Waals surface area contributed by atoms with E-state index in [2.05, 4.69) is 16.9 Å². The van der Waals surface area contributed by atoms with Crippen molar-refractivity contribution in [3.8, 4) is 0 Å². The normalized spacial score (nSPS) is 10.3. The van der Waals surface area contributed by atoms with Gasteiger partial charge in [-0.1, -0.05) is 6.92 Å². The van der Waals surface area contributed by atoms with E-state index in [1.54, 1.807) is 0 Å². The molecule has 0 fully saturated rings. The zero-order chi connectivity index (χ0) is 10.6. The van der Waals surface area contributed by atoms with Gasteiger partial charge in [-0.15, -0.1) is 0 Å². The van der Waals surface area contributed by atoms with E-state index in [0.29, 0.717) is 6.54 Å². The van der Waals surface area contributed by atoms with Crippen molar-refractivity contribution in [2.24, 2.45) is 5.73 Å².